The third-order valence-corrected chi connectivity index (χ3v) is 11.8. The van der Waals surface area contributed by atoms with Crippen LogP contribution in [0.2, 0.25) is 0 Å². The largest absolute Gasteiger partial charge is 0.309 e. The monoisotopic (exact) mass is 666 g/mol. The van der Waals surface area contributed by atoms with Crippen molar-refractivity contribution in [2.24, 2.45) is 0 Å². The summed E-state index contributed by atoms with van der Waals surface area (Å²) in [5.41, 5.74) is 12.1. The van der Waals surface area contributed by atoms with E-state index in [0.29, 0.717) is 0 Å². The van der Waals surface area contributed by atoms with Crippen molar-refractivity contribution in [2.75, 3.05) is 0 Å². The molecule has 0 saturated carbocycles. The van der Waals surface area contributed by atoms with Crippen molar-refractivity contribution in [1.82, 2.24) is 9.13 Å². The van der Waals surface area contributed by atoms with Gasteiger partial charge < -0.3 is 9.13 Å². The van der Waals surface area contributed by atoms with E-state index in [1.54, 1.807) is 0 Å². The van der Waals surface area contributed by atoms with Crippen LogP contribution in [0.5, 0.6) is 0 Å². The Labute approximate surface area is 298 Å². The lowest BCUT2D eigenvalue weighted by Crippen LogP contribution is -1.94. The SMILES string of the molecule is c1ccc(-n2c3ccc(-c4ccc(-n5c6ccccc6c6ccccc65)cc4)cc3c3ccc(-c4cccc5c4sc4ccccc45)cc32)cc1. The smallest absolute Gasteiger partial charge is 0.0547 e. The Hall–Kier alpha value is -6.42. The molecule has 11 rings (SSSR count). The molecule has 0 aliphatic heterocycles. The molecule has 0 spiro atoms. The topological polar surface area (TPSA) is 9.86 Å². The van der Waals surface area contributed by atoms with E-state index in [2.05, 4.69) is 191 Å². The zero-order valence-electron chi connectivity index (χ0n) is 27.6. The van der Waals surface area contributed by atoms with Crippen LogP contribution in [0.1, 0.15) is 0 Å². The molecule has 3 heteroatoms. The molecule has 0 radical (unpaired) electrons. The van der Waals surface area contributed by atoms with Crippen LogP contribution in [0.3, 0.4) is 0 Å². The van der Waals surface area contributed by atoms with Gasteiger partial charge in [-0.2, -0.15) is 0 Å². The molecule has 0 N–H and O–H groups in total. The van der Waals surface area contributed by atoms with Gasteiger partial charge in [-0.3, -0.25) is 0 Å². The lowest BCUT2D eigenvalue weighted by atomic mass is 10.00. The summed E-state index contributed by atoms with van der Waals surface area (Å²) in [4.78, 5) is 0. The number of hydrogen-bond donors (Lipinski definition) is 0. The summed E-state index contributed by atoms with van der Waals surface area (Å²) in [5, 5.41) is 7.72. The number of hydrogen-bond acceptors (Lipinski definition) is 1. The summed E-state index contributed by atoms with van der Waals surface area (Å²) < 4.78 is 7.47. The van der Waals surface area contributed by atoms with Crippen molar-refractivity contribution >= 4 is 75.1 Å². The van der Waals surface area contributed by atoms with Crippen molar-refractivity contribution < 1.29 is 0 Å². The van der Waals surface area contributed by atoms with E-state index < -0.39 is 0 Å². The molecule has 0 atom stereocenters. The molecule has 3 heterocycles. The Bertz CT molecular complexity index is 3070. The van der Waals surface area contributed by atoms with Crippen molar-refractivity contribution in [3.8, 4) is 33.6 Å². The predicted molar refractivity (Wildman–Crippen MR) is 219 cm³/mol. The van der Waals surface area contributed by atoms with Crippen molar-refractivity contribution in [3.63, 3.8) is 0 Å². The Morgan fingerprint density at radius 3 is 1.67 bits per heavy atom. The average Bonchev–Trinajstić information content (AvgIpc) is 3.85. The third-order valence-electron chi connectivity index (χ3n) is 10.5. The number of thiophene rings is 1. The Morgan fingerprint density at radius 1 is 0.314 bits per heavy atom. The molecule has 0 fully saturated rings. The molecule has 11 aromatic rings. The molecule has 3 aromatic heterocycles. The molecule has 0 aliphatic carbocycles. The summed E-state index contributed by atoms with van der Waals surface area (Å²) in [7, 11) is 0. The lowest BCUT2D eigenvalue weighted by molar-refractivity contribution is 1.18. The highest BCUT2D eigenvalue weighted by Crippen LogP contribution is 2.42. The van der Waals surface area contributed by atoms with E-state index in [1.807, 2.05) is 11.3 Å². The second-order valence-corrected chi connectivity index (χ2v) is 14.4. The summed E-state index contributed by atoms with van der Waals surface area (Å²) >= 11 is 1.89. The van der Waals surface area contributed by atoms with E-state index in [9.17, 15) is 0 Å². The van der Waals surface area contributed by atoms with Crippen LogP contribution in [0.25, 0.3) is 97.4 Å². The lowest BCUT2D eigenvalue weighted by Gasteiger charge is -2.10. The number of benzene rings is 8. The third kappa shape index (κ3) is 4.29. The van der Waals surface area contributed by atoms with Crippen LogP contribution in [-0.4, -0.2) is 9.13 Å². The second-order valence-electron chi connectivity index (χ2n) is 13.3. The highest BCUT2D eigenvalue weighted by molar-refractivity contribution is 7.26. The standard InChI is InChI=1S/C48H30N2S/c1-2-11-34(12-3-1)50-45-28-24-32(31-21-25-35(26-22-31)49-43-18-7-4-13-37(43)38-14-5-8-19-44(38)49)29-42(45)39-27-23-33(30-46(39)50)36-16-10-17-41-40-15-6-9-20-47(40)51-48(36)41/h1-30H. The minimum absolute atomic E-state index is 1.16. The molecule has 51 heavy (non-hydrogen) atoms. The van der Waals surface area contributed by atoms with Gasteiger partial charge in [0.2, 0.25) is 0 Å². The van der Waals surface area contributed by atoms with E-state index in [0.717, 1.165) is 5.69 Å². The van der Waals surface area contributed by atoms with Gasteiger partial charge >= 0.3 is 0 Å². The number of rotatable bonds is 4. The predicted octanol–water partition coefficient (Wildman–Crippen LogP) is 13.6. The van der Waals surface area contributed by atoms with E-state index >= 15 is 0 Å². The molecule has 0 aliphatic rings. The second kappa shape index (κ2) is 11.0. The van der Waals surface area contributed by atoms with Gasteiger partial charge in [-0.1, -0.05) is 121 Å². The van der Waals surface area contributed by atoms with E-state index in [1.165, 1.54) is 91.7 Å². The zero-order chi connectivity index (χ0) is 33.5. The van der Waals surface area contributed by atoms with Crippen LogP contribution in [0.15, 0.2) is 182 Å². The van der Waals surface area contributed by atoms with Crippen LogP contribution in [0.4, 0.5) is 0 Å². The van der Waals surface area contributed by atoms with Gasteiger partial charge in [0.05, 0.1) is 22.1 Å². The Morgan fingerprint density at radius 2 is 0.882 bits per heavy atom. The van der Waals surface area contributed by atoms with Gasteiger partial charge in [0, 0.05) is 53.1 Å². The number of aromatic nitrogens is 2. The van der Waals surface area contributed by atoms with Gasteiger partial charge in [-0.15, -0.1) is 11.3 Å². The Kier molecular flexibility index (Phi) is 6.16. The van der Waals surface area contributed by atoms with E-state index in [4.69, 9.17) is 0 Å². The highest BCUT2D eigenvalue weighted by Gasteiger charge is 2.17. The molecule has 238 valence electrons. The molecule has 0 saturated heterocycles. The first-order valence-electron chi connectivity index (χ1n) is 17.4. The number of para-hydroxylation sites is 3. The average molecular weight is 667 g/mol. The molecule has 0 bridgehead atoms. The maximum Gasteiger partial charge on any atom is 0.0547 e. The van der Waals surface area contributed by atoms with Crippen molar-refractivity contribution in [1.29, 1.82) is 0 Å². The van der Waals surface area contributed by atoms with Crippen molar-refractivity contribution in [3.05, 3.63) is 182 Å². The summed E-state index contributed by atoms with van der Waals surface area (Å²) in [5.74, 6) is 0. The quantitative estimate of drug-likeness (QED) is 0.177. The summed E-state index contributed by atoms with van der Waals surface area (Å²) in [6.45, 7) is 0. The zero-order valence-corrected chi connectivity index (χ0v) is 28.4. The number of fused-ring (bicyclic) bond motifs is 9. The molecule has 0 amide bonds. The van der Waals surface area contributed by atoms with Gasteiger partial charge in [-0.25, -0.2) is 0 Å². The van der Waals surface area contributed by atoms with Gasteiger partial charge in [0.25, 0.3) is 0 Å². The molecular weight excluding hydrogens is 637 g/mol. The normalized spacial score (nSPS) is 11.9. The van der Waals surface area contributed by atoms with Crippen LogP contribution in [0, 0.1) is 0 Å². The maximum atomic E-state index is 2.42. The number of nitrogens with zero attached hydrogens (tertiary/aromatic N) is 2. The van der Waals surface area contributed by atoms with Crippen molar-refractivity contribution in [2.45, 2.75) is 0 Å². The van der Waals surface area contributed by atoms with Gasteiger partial charge in [0.15, 0.2) is 0 Å². The first kappa shape index (κ1) is 28.4. The Balaban J connectivity index is 1.07. The van der Waals surface area contributed by atoms with E-state index in [-0.39, 0.29) is 0 Å². The molecule has 2 nitrogen and oxygen atoms in total. The first-order chi connectivity index (χ1) is 25.3. The minimum atomic E-state index is 1.16. The summed E-state index contributed by atoms with van der Waals surface area (Å²) in [6.07, 6.45) is 0. The summed E-state index contributed by atoms with van der Waals surface area (Å²) in [6, 6.07) is 66.6. The van der Waals surface area contributed by atoms with Crippen LogP contribution in [-0.2, 0) is 0 Å². The maximum absolute atomic E-state index is 2.42. The van der Waals surface area contributed by atoms with Gasteiger partial charge in [-0.05, 0) is 82.9 Å². The van der Waals surface area contributed by atoms with Gasteiger partial charge in [0.1, 0.15) is 0 Å². The van der Waals surface area contributed by atoms with Crippen LogP contribution >= 0.6 is 11.3 Å². The fourth-order valence-electron chi connectivity index (χ4n) is 8.20. The fraction of sp³-hybridized carbons (Fsp3) is 0. The minimum Gasteiger partial charge on any atom is -0.309 e. The molecular formula is C48H30N2S. The molecule has 8 aromatic carbocycles. The molecule has 0 unspecified atom stereocenters. The fourth-order valence-corrected chi connectivity index (χ4v) is 9.44. The highest BCUT2D eigenvalue weighted by atomic mass is 32.1. The first-order valence-corrected chi connectivity index (χ1v) is 18.3. The van der Waals surface area contributed by atoms with Crippen LogP contribution < -0.4 is 0 Å².